The third-order valence-electron chi connectivity index (χ3n) is 5.80. The summed E-state index contributed by atoms with van der Waals surface area (Å²) in [5.41, 5.74) is 3.81. The molecular weight excluding hydrogens is 448 g/mol. The standard InChI is InChI=1S/C26H30N4O5/c1-18-7-9-20(10-8-18)16-30-22-23(27-25(30)35-17-21-6-4-5-19(2)15-21)28(3)26(33)29(24(22)32)11-13-34-14-12-31/h4-10,15,31H,11-14,16-17H2,1-3H3. The fraction of sp³-hybridized carbons (Fsp3) is 0.346. The lowest BCUT2D eigenvalue weighted by Gasteiger charge is -2.12. The van der Waals surface area contributed by atoms with Gasteiger partial charge in [-0.3, -0.25) is 18.5 Å². The molecule has 184 valence electrons. The molecule has 4 aromatic rings. The number of aryl methyl sites for hydroxylation is 3. The summed E-state index contributed by atoms with van der Waals surface area (Å²) in [5, 5.41) is 8.92. The molecule has 9 nitrogen and oxygen atoms in total. The first-order valence-corrected chi connectivity index (χ1v) is 11.5. The molecule has 0 aliphatic heterocycles. The number of hydrogen-bond donors (Lipinski definition) is 1. The Hall–Kier alpha value is -3.69. The SMILES string of the molecule is Cc1ccc(Cn2c(OCc3cccc(C)c3)nc3c2c(=O)n(CCOCCO)c(=O)n3C)cc1. The largest absolute Gasteiger partial charge is 0.460 e. The van der Waals surface area contributed by atoms with Gasteiger partial charge in [0, 0.05) is 7.05 Å². The van der Waals surface area contributed by atoms with Gasteiger partial charge in [0.25, 0.3) is 11.6 Å². The molecular formula is C26H30N4O5. The fourth-order valence-corrected chi connectivity index (χ4v) is 3.95. The molecule has 0 amide bonds. The third kappa shape index (κ3) is 5.36. The number of benzene rings is 2. The van der Waals surface area contributed by atoms with Crippen molar-refractivity contribution in [2.24, 2.45) is 7.05 Å². The molecule has 1 N–H and O–H groups in total. The summed E-state index contributed by atoms with van der Waals surface area (Å²) in [5.74, 6) is 0. The average molecular weight is 479 g/mol. The second kappa shape index (κ2) is 10.7. The molecule has 0 spiro atoms. The summed E-state index contributed by atoms with van der Waals surface area (Å²) in [7, 11) is 1.59. The molecule has 0 bridgehead atoms. The zero-order chi connectivity index (χ0) is 24.9. The van der Waals surface area contributed by atoms with Crippen LogP contribution in [0.15, 0.2) is 58.1 Å². The van der Waals surface area contributed by atoms with E-state index in [1.807, 2.05) is 62.4 Å². The number of aromatic nitrogens is 4. The highest BCUT2D eigenvalue weighted by molar-refractivity contribution is 5.72. The lowest BCUT2D eigenvalue weighted by atomic mass is 10.1. The van der Waals surface area contributed by atoms with Crippen LogP contribution in [0.5, 0.6) is 6.01 Å². The summed E-state index contributed by atoms with van der Waals surface area (Å²) in [6.07, 6.45) is 0. The molecule has 35 heavy (non-hydrogen) atoms. The van der Waals surface area contributed by atoms with E-state index >= 15 is 0 Å². The van der Waals surface area contributed by atoms with Crippen molar-refractivity contribution < 1.29 is 14.6 Å². The predicted molar refractivity (Wildman–Crippen MR) is 133 cm³/mol. The van der Waals surface area contributed by atoms with Crippen molar-refractivity contribution in [3.63, 3.8) is 0 Å². The lowest BCUT2D eigenvalue weighted by Crippen LogP contribution is -2.40. The molecule has 0 unspecified atom stereocenters. The zero-order valence-electron chi connectivity index (χ0n) is 20.2. The maximum Gasteiger partial charge on any atom is 0.332 e. The molecule has 4 rings (SSSR count). The van der Waals surface area contributed by atoms with E-state index in [1.165, 1.54) is 4.57 Å². The number of imidazole rings is 1. The Morgan fingerprint density at radius 2 is 1.71 bits per heavy atom. The molecule has 0 aliphatic carbocycles. The van der Waals surface area contributed by atoms with E-state index in [0.717, 1.165) is 26.8 Å². The summed E-state index contributed by atoms with van der Waals surface area (Å²) >= 11 is 0. The van der Waals surface area contributed by atoms with Gasteiger partial charge in [-0.15, -0.1) is 0 Å². The molecule has 0 saturated carbocycles. The van der Waals surface area contributed by atoms with Crippen LogP contribution >= 0.6 is 0 Å². The van der Waals surface area contributed by atoms with Crippen LogP contribution in [0.2, 0.25) is 0 Å². The Balaban J connectivity index is 1.79. The Kier molecular flexibility index (Phi) is 7.48. The van der Waals surface area contributed by atoms with Crippen LogP contribution in [0.25, 0.3) is 11.2 Å². The van der Waals surface area contributed by atoms with E-state index in [0.29, 0.717) is 6.54 Å². The number of aliphatic hydroxyl groups excluding tert-OH is 1. The van der Waals surface area contributed by atoms with Crippen LogP contribution in [0, 0.1) is 13.8 Å². The number of ether oxygens (including phenoxy) is 2. The molecule has 0 fully saturated rings. The van der Waals surface area contributed by atoms with Gasteiger partial charge >= 0.3 is 5.69 Å². The third-order valence-corrected chi connectivity index (χ3v) is 5.80. The topological polar surface area (TPSA) is 101 Å². The maximum atomic E-state index is 13.5. The van der Waals surface area contributed by atoms with Crippen molar-refractivity contribution >= 4 is 11.2 Å². The molecule has 0 aliphatic rings. The quantitative estimate of drug-likeness (QED) is 0.351. The van der Waals surface area contributed by atoms with Gasteiger partial charge in [-0.1, -0.05) is 59.7 Å². The van der Waals surface area contributed by atoms with Gasteiger partial charge in [0.05, 0.1) is 32.9 Å². The van der Waals surface area contributed by atoms with Crippen molar-refractivity contribution in [2.75, 3.05) is 19.8 Å². The van der Waals surface area contributed by atoms with Crippen LogP contribution in [0.3, 0.4) is 0 Å². The van der Waals surface area contributed by atoms with E-state index in [9.17, 15) is 9.59 Å². The highest BCUT2D eigenvalue weighted by atomic mass is 16.5. The smallest absolute Gasteiger partial charge is 0.332 e. The van der Waals surface area contributed by atoms with Crippen LogP contribution in [-0.4, -0.2) is 43.6 Å². The minimum atomic E-state index is -0.486. The molecule has 0 radical (unpaired) electrons. The molecule has 2 aromatic carbocycles. The average Bonchev–Trinajstić information content (AvgIpc) is 3.20. The molecule has 2 heterocycles. The van der Waals surface area contributed by atoms with Gasteiger partial charge in [-0.2, -0.15) is 4.98 Å². The van der Waals surface area contributed by atoms with E-state index in [-0.39, 0.29) is 50.1 Å². The second-order valence-electron chi connectivity index (χ2n) is 8.55. The van der Waals surface area contributed by atoms with Crippen molar-refractivity contribution in [3.8, 4) is 6.01 Å². The number of fused-ring (bicyclic) bond motifs is 1. The first-order chi connectivity index (χ1) is 16.9. The van der Waals surface area contributed by atoms with Crippen molar-refractivity contribution in [1.82, 2.24) is 18.7 Å². The molecule has 0 atom stereocenters. The van der Waals surface area contributed by atoms with Crippen molar-refractivity contribution in [2.45, 2.75) is 33.5 Å². The Morgan fingerprint density at radius 3 is 2.43 bits per heavy atom. The minimum Gasteiger partial charge on any atom is -0.460 e. The van der Waals surface area contributed by atoms with Crippen LogP contribution < -0.4 is 16.0 Å². The van der Waals surface area contributed by atoms with Gasteiger partial charge < -0.3 is 14.6 Å². The summed E-state index contributed by atoms with van der Waals surface area (Å²) in [6, 6.07) is 16.2. The number of rotatable bonds is 10. The first-order valence-electron chi connectivity index (χ1n) is 11.5. The second-order valence-corrected chi connectivity index (χ2v) is 8.55. The number of nitrogens with zero attached hydrogens (tertiary/aromatic N) is 4. The molecule has 2 aromatic heterocycles. The van der Waals surface area contributed by atoms with Gasteiger partial charge in [0.1, 0.15) is 6.61 Å². The predicted octanol–water partition coefficient (Wildman–Crippen LogP) is 2.15. The first kappa shape index (κ1) is 24.4. The van der Waals surface area contributed by atoms with E-state index in [2.05, 4.69) is 4.98 Å². The minimum absolute atomic E-state index is 0.0661. The lowest BCUT2D eigenvalue weighted by molar-refractivity contribution is 0.0858. The Morgan fingerprint density at radius 1 is 0.943 bits per heavy atom. The van der Waals surface area contributed by atoms with E-state index in [4.69, 9.17) is 14.6 Å². The van der Waals surface area contributed by atoms with Crippen LogP contribution in [0.1, 0.15) is 22.3 Å². The fourth-order valence-electron chi connectivity index (χ4n) is 3.95. The highest BCUT2D eigenvalue weighted by Gasteiger charge is 2.21. The maximum absolute atomic E-state index is 13.5. The van der Waals surface area contributed by atoms with Gasteiger partial charge in [0.2, 0.25) is 0 Å². The monoisotopic (exact) mass is 478 g/mol. The van der Waals surface area contributed by atoms with Crippen LogP contribution in [0.4, 0.5) is 0 Å². The van der Waals surface area contributed by atoms with E-state index in [1.54, 1.807) is 11.6 Å². The van der Waals surface area contributed by atoms with Gasteiger partial charge in [-0.05, 0) is 25.0 Å². The van der Waals surface area contributed by atoms with Gasteiger partial charge in [-0.25, -0.2) is 4.79 Å². The Bertz CT molecular complexity index is 1430. The highest BCUT2D eigenvalue weighted by Crippen LogP contribution is 2.21. The zero-order valence-corrected chi connectivity index (χ0v) is 20.2. The van der Waals surface area contributed by atoms with Gasteiger partial charge in [0.15, 0.2) is 11.2 Å². The van der Waals surface area contributed by atoms with Crippen molar-refractivity contribution in [1.29, 1.82) is 0 Å². The number of aliphatic hydroxyl groups is 1. The normalized spacial score (nSPS) is 11.3. The van der Waals surface area contributed by atoms with Crippen LogP contribution in [-0.2, 0) is 31.5 Å². The summed E-state index contributed by atoms with van der Waals surface area (Å²) in [6.45, 7) is 4.86. The molecule has 0 saturated heterocycles. The summed E-state index contributed by atoms with van der Waals surface area (Å²) in [4.78, 5) is 31.0. The molecule has 9 heteroatoms. The Labute approximate surface area is 202 Å². The number of hydrogen-bond acceptors (Lipinski definition) is 6. The van der Waals surface area contributed by atoms with Crippen molar-refractivity contribution in [3.05, 3.63) is 91.6 Å². The van der Waals surface area contributed by atoms with E-state index < -0.39 is 11.2 Å². The summed E-state index contributed by atoms with van der Waals surface area (Å²) < 4.78 is 15.6.